The van der Waals surface area contributed by atoms with E-state index in [9.17, 15) is 0 Å². The summed E-state index contributed by atoms with van der Waals surface area (Å²) >= 11 is 0. The number of hydrogen-bond donors (Lipinski definition) is 0. The van der Waals surface area contributed by atoms with Gasteiger partial charge in [0.1, 0.15) is 5.65 Å². The topological polar surface area (TPSA) is 48.5 Å². The fourth-order valence-corrected chi connectivity index (χ4v) is 7.44. The number of pyridine rings is 1. The quantitative estimate of drug-likeness (QED) is 0.188. The number of rotatable bonds is 5. The summed E-state index contributed by atoms with van der Waals surface area (Å²) in [6.07, 6.45) is 3.85. The van der Waals surface area contributed by atoms with E-state index in [2.05, 4.69) is 143 Å². The average molecular weight is 640 g/mol. The second-order valence-electron chi connectivity index (χ2n) is 12.5. The third-order valence-corrected chi connectivity index (χ3v) is 9.64. The third kappa shape index (κ3) is 4.37. The van der Waals surface area contributed by atoms with Crippen molar-refractivity contribution in [3.05, 3.63) is 176 Å². The van der Waals surface area contributed by atoms with E-state index in [4.69, 9.17) is 15.0 Å². The Morgan fingerprint density at radius 3 is 1.96 bits per heavy atom. The molecule has 0 bridgehead atoms. The highest BCUT2D eigenvalue weighted by molar-refractivity contribution is 6.17. The van der Waals surface area contributed by atoms with Crippen LogP contribution < -0.4 is 0 Å². The van der Waals surface area contributed by atoms with E-state index in [1.807, 2.05) is 42.7 Å². The van der Waals surface area contributed by atoms with Gasteiger partial charge in [-0.25, -0.2) is 15.0 Å². The fraction of sp³-hybridized carbons (Fsp3) is 0. The lowest BCUT2D eigenvalue weighted by Crippen LogP contribution is -2.02. The Kier molecular flexibility index (Phi) is 6.42. The molecule has 6 aromatic carbocycles. The van der Waals surface area contributed by atoms with E-state index in [0.717, 1.165) is 61.3 Å². The molecule has 0 saturated heterocycles. The molecule has 0 unspecified atom stereocenters. The van der Waals surface area contributed by atoms with Crippen molar-refractivity contribution in [3.8, 4) is 45.1 Å². The summed E-state index contributed by atoms with van der Waals surface area (Å²) in [7, 11) is 0. The molecule has 10 aromatic rings. The van der Waals surface area contributed by atoms with Gasteiger partial charge in [-0.2, -0.15) is 0 Å². The van der Waals surface area contributed by atoms with Crippen LogP contribution in [0.25, 0.3) is 88.9 Å². The minimum atomic E-state index is 0.700. The van der Waals surface area contributed by atoms with Gasteiger partial charge in [0, 0.05) is 44.6 Å². The van der Waals surface area contributed by atoms with Crippen molar-refractivity contribution in [2.45, 2.75) is 0 Å². The molecule has 10 rings (SSSR count). The van der Waals surface area contributed by atoms with Gasteiger partial charge in [-0.3, -0.25) is 4.57 Å². The van der Waals surface area contributed by atoms with Crippen molar-refractivity contribution >= 4 is 43.7 Å². The van der Waals surface area contributed by atoms with Crippen LogP contribution in [-0.2, 0) is 0 Å². The summed E-state index contributed by atoms with van der Waals surface area (Å²) in [5.41, 5.74) is 11.5. The van der Waals surface area contributed by atoms with Gasteiger partial charge in [0.15, 0.2) is 5.82 Å². The smallest absolute Gasteiger partial charge is 0.159 e. The van der Waals surface area contributed by atoms with Crippen molar-refractivity contribution in [2.24, 2.45) is 0 Å². The second-order valence-corrected chi connectivity index (χ2v) is 12.5. The highest BCUT2D eigenvalue weighted by atomic mass is 15.0. The van der Waals surface area contributed by atoms with Gasteiger partial charge in [0.25, 0.3) is 0 Å². The second kappa shape index (κ2) is 11.4. The SMILES string of the molecule is c1ccc(-c2ncc(-n3c4ccccc4c4c(-c5ccc6c7cccnc7n(-c7ccccc7)c6c5)cccc43)c(-c3ccccc3)n2)cc1. The molecule has 0 fully saturated rings. The maximum absolute atomic E-state index is 5.22. The molecule has 4 aromatic heterocycles. The van der Waals surface area contributed by atoms with Gasteiger partial charge in [-0.15, -0.1) is 0 Å². The summed E-state index contributed by atoms with van der Waals surface area (Å²) in [6.45, 7) is 0. The van der Waals surface area contributed by atoms with Crippen molar-refractivity contribution in [2.75, 3.05) is 0 Å². The largest absolute Gasteiger partial charge is 0.306 e. The van der Waals surface area contributed by atoms with E-state index in [1.54, 1.807) is 0 Å². The molecular weight excluding hydrogens is 611 g/mol. The maximum Gasteiger partial charge on any atom is 0.159 e. The molecular formula is C45H29N5. The average Bonchev–Trinajstić information content (AvgIpc) is 3.71. The molecule has 4 heterocycles. The summed E-state index contributed by atoms with van der Waals surface area (Å²) in [5.74, 6) is 0.700. The molecule has 0 N–H and O–H groups in total. The molecule has 0 radical (unpaired) electrons. The summed E-state index contributed by atoms with van der Waals surface area (Å²) in [5, 5.41) is 4.68. The number of fused-ring (bicyclic) bond motifs is 6. The van der Waals surface area contributed by atoms with Gasteiger partial charge in [-0.05, 0) is 53.6 Å². The Bertz CT molecular complexity index is 2850. The van der Waals surface area contributed by atoms with Crippen LogP contribution in [0.5, 0.6) is 0 Å². The van der Waals surface area contributed by atoms with Crippen molar-refractivity contribution in [3.63, 3.8) is 0 Å². The minimum Gasteiger partial charge on any atom is -0.306 e. The highest BCUT2D eigenvalue weighted by Gasteiger charge is 2.21. The maximum atomic E-state index is 5.22. The van der Waals surface area contributed by atoms with E-state index in [-0.39, 0.29) is 0 Å². The first-order valence-corrected chi connectivity index (χ1v) is 16.8. The zero-order valence-corrected chi connectivity index (χ0v) is 27.0. The first kappa shape index (κ1) is 28.2. The normalized spacial score (nSPS) is 11.6. The lowest BCUT2D eigenvalue weighted by molar-refractivity contribution is 1.09. The monoisotopic (exact) mass is 639 g/mol. The van der Waals surface area contributed by atoms with Gasteiger partial charge >= 0.3 is 0 Å². The molecule has 0 spiro atoms. The van der Waals surface area contributed by atoms with E-state index < -0.39 is 0 Å². The Hall–Kier alpha value is -6.85. The van der Waals surface area contributed by atoms with Crippen LogP contribution in [0.3, 0.4) is 0 Å². The molecule has 5 heteroatoms. The molecule has 0 aliphatic carbocycles. The number of hydrogen-bond acceptors (Lipinski definition) is 3. The Labute approximate surface area is 288 Å². The zero-order valence-electron chi connectivity index (χ0n) is 27.0. The molecule has 5 nitrogen and oxygen atoms in total. The summed E-state index contributed by atoms with van der Waals surface area (Å²) < 4.78 is 4.60. The number of para-hydroxylation sites is 2. The number of nitrogens with zero attached hydrogens (tertiary/aromatic N) is 5. The molecule has 0 atom stereocenters. The van der Waals surface area contributed by atoms with E-state index >= 15 is 0 Å². The van der Waals surface area contributed by atoms with Crippen LogP contribution >= 0.6 is 0 Å². The van der Waals surface area contributed by atoms with E-state index in [0.29, 0.717) is 5.82 Å². The number of aromatic nitrogens is 5. The van der Waals surface area contributed by atoms with Crippen molar-refractivity contribution in [1.29, 1.82) is 0 Å². The van der Waals surface area contributed by atoms with E-state index in [1.165, 1.54) is 21.7 Å². The molecule has 0 aliphatic rings. The predicted octanol–water partition coefficient (Wildman–Crippen LogP) is 11.1. The van der Waals surface area contributed by atoms with Crippen LogP contribution in [0.4, 0.5) is 0 Å². The van der Waals surface area contributed by atoms with Gasteiger partial charge < -0.3 is 4.57 Å². The Morgan fingerprint density at radius 1 is 0.440 bits per heavy atom. The van der Waals surface area contributed by atoms with Crippen LogP contribution in [0.2, 0.25) is 0 Å². The highest BCUT2D eigenvalue weighted by Crippen LogP contribution is 2.42. The molecule has 0 aliphatic heterocycles. The minimum absolute atomic E-state index is 0.700. The zero-order chi connectivity index (χ0) is 33.0. The fourth-order valence-electron chi connectivity index (χ4n) is 7.44. The first-order chi connectivity index (χ1) is 24.8. The predicted molar refractivity (Wildman–Crippen MR) is 205 cm³/mol. The van der Waals surface area contributed by atoms with Crippen LogP contribution in [0, 0.1) is 0 Å². The number of benzene rings is 6. The van der Waals surface area contributed by atoms with Crippen molar-refractivity contribution < 1.29 is 0 Å². The van der Waals surface area contributed by atoms with Crippen LogP contribution in [0.15, 0.2) is 176 Å². The van der Waals surface area contributed by atoms with Crippen LogP contribution in [0.1, 0.15) is 0 Å². The third-order valence-electron chi connectivity index (χ3n) is 9.64. The Balaban J connectivity index is 1.24. The summed E-state index contributed by atoms with van der Waals surface area (Å²) in [6, 6.07) is 57.3. The Morgan fingerprint density at radius 2 is 1.14 bits per heavy atom. The van der Waals surface area contributed by atoms with Crippen molar-refractivity contribution in [1.82, 2.24) is 24.1 Å². The van der Waals surface area contributed by atoms with Gasteiger partial charge in [0.05, 0.1) is 34.1 Å². The first-order valence-electron chi connectivity index (χ1n) is 16.8. The lowest BCUT2D eigenvalue weighted by Gasteiger charge is -2.14. The van der Waals surface area contributed by atoms with Gasteiger partial charge in [-0.1, -0.05) is 121 Å². The lowest BCUT2D eigenvalue weighted by atomic mass is 9.98. The van der Waals surface area contributed by atoms with Gasteiger partial charge in [0.2, 0.25) is 0 Å². The van der Waals surface area contributed by atoms with Crippen LogP contribution in [-0.4, -0.2) is 24.1 Å². The molecule has 50 heavy (non-hydrogen) atoms. The standard InChI is InChI=1S/C45H29N5/c1-4-14-30(15-5-1)43-41(29-47-44(48-43)31-16-6-2-7-17-31)50-38-23-11-10-20-37(38)42-34(21-12-24-39(42)50)32-25-26-35-36-22-13-27-46-45(36)49(40(35)28-32)33-18-8-3-9-19-33/h1-29H. The molecule has 0 amide bonds. The summed E-state index contributed by atoms with van der Waals surface area (Å²) in [4.78, 5) is 15.0. The molecule has 234 valence electrons. The molecule has 0 saturated carbocycles.